The lowest BCUT2D eigenvalue weighted by Gasteiger charge is -2.12. The number of aromatic nitrogens is 1. The number of methoxy groups -OCH3 is 1. The predicted octanol–water partition coefficient (Wildman–Crippen LogP) is 3.77. The van der Waals surface area contributed by atoms with Crippen molar-refractivity contribution in [3.63, 3.8) is 0 Å². The summed E-state index contributed by atoms with van der Waals surface area (Å²) < 4.78 is 4.68. The molecule has 1 heterocycles. The van der Waals surface area contributed by atoms with Crippen LogP contribution >= 0.6 is 0 Å². The van der Waals surface area contributed by atoms with E-state index in [1.165, 1.54) is 23.6 Å². The Kier molecular flexibility index (Phi) is 4.38. The maximum atomic E-state index is 11.3. The highest BCUT2D eigenvalue weighted by Crippen LogP contribution is 2.26. The normalized spacial score (nSPS) is 11.1. The molecule has 1 aromatic carbocycles. The van der Waals surface area contributed by atoms with Gasteiger partial charge in [0.1, 0.15) is 0 Å². The average Bonchev–Trinajstić information content (AvgIpc) is 2.44. The fourth-order valence-corrected chi connectivity index (χ4v) is 2.43. The molecule has 0 saturated heterocycles. The van der Waals surface area contributed by atoms with Crippen molar-refractivity contribution in [2.24, 2.45) is 0 Å². The van der Waals surface area contributed by atoms with Crippen LogP contribution in [-0.4, -0.2) is 18.1 Å². The molecule has 0 radical (unpaired) electrons. The Bertz CT molecular complexity index is 632. The lowest BCUT2D eigenvalue weighted by molar-refractivity contribution is -0.140. The van der Waals surface area contributed by atoms with E-state index in [0.717, 1.165) is 11.2 Å². The predicted molar refractivity (Wildman–Crippen MR) is 80.9 cm³/mol. The smallest absolute Gasteiger partial charge is 0.305 e. The molecule has 1 aromatic heterocycles. The quantitative estimate of drug-likeness (QED) is 0.795. The molecule has 106 valence electrons. The molecular formula is C17H21NO2. The largest absolute Gasteiger partial charge is 0.469 e. The summed E-state index contributed by atoms with van der Waals surface area (Å²) in [6, 6.07) is 8.38. The topological polar surface area (TPSA) is 39.2 Å². The maximum absolute atomic E-state index is 11.3. The SMILES string of the molecule is COC(=O)CCc1cc(C)c2cccc(C(C)C)c2n1. The lowest BCUT2D eigenvalue weighted by Crippen LogP contribution is -2.04. The molecule has 0 aliphatic heterocycles. The van der Waals surface area contributed by atoms with Gasteiger partial charge in [0.25, 0.3) is 0 Å². The molecule has 2 rings (SSSR count). The summed E-state index contributed by atoms with van der Waals surface area (Å²) in [7, 11) is 1.41. The van der Waals surface area contributed by atoms with Crippen molar-refractivity contribution in [3.8, 4) is 0 Å². The minimum absolute atomic E-state index is 0.193. The van der Waals surface area contributed by atoms with E-state index in [1.54, 1.807) is 0 Å². The molecule has 3 heteroatoms. The summed E-state index contributed by atoms with van der Waals surface area (Å²) in [5.74, 6) is 0.239. The number of para-hydroxylation sites is 1. The van der Waals surface area contributed by atoms with Gasteiger partial charge in [-0.05, 0) is 30.0 Å². The second-order valence-corrected chi connectivity index (χ2v) is 5.40. The zero-order chi connectivity index (χ0) is 14.7. The number of nitrogens with zero attached hydrogens (tertiary/aromatic N) is 1. The van der Waals surface area contributed by atoms with Crippen LogP contribution in [0.25, 0.3) is 10.9 Å². The van der Waals surface area contributed by atoms with Crippen molar-refractivity contribution in [2.75, 3.05) is 7.11 Å². The number of pyridine rings is 1. The van der Waals surface area contributed by atoms with Crippen molar-refractivity contribution in [1.82, 2.24) is 4.98 Å². The van der Waals surface area contributed by atoms with Gasteiger partial charge in [0.2, 0.25) is 0 Å². The van der Waals surface area contributed by atoms with Gasteiger partial charge in [-0.25, -0.2) is 0 Å². The minimum Gasteiger partial charge on any atom is -0.469 e. The second-order valence-electron chi connectivity index (χ2n) is 5.40. The summed E-state index contributed by atoms with van der Waals surface area (Å²) in [4.78, 5) is 16.0. The summed E-state index contributed by atoms with van der Waals surface area (Å²) in [5, 5.41) is 1.19. The monoisotopic (exact) mass is 271 g/mol. The molecule has 0 fully saturated rings. The molecule has 0 spiro atoms. The number of carbonyl (C=O) groups is 1. The number of carbonyl (C=O) groups excluding carboxylic acids is 1. The van der Waals surface area contributed by atoms with Crippen LogP contribution in [0.4, 0.5) is 0 Å². The summed E-state index contributed by atoms with van der Waals surface area (Å²) in [5.41, 5.74) is 4.47. The number of ether oxygens (including phenoxy) is 1. The van der Waals surface area contributed by atoms with E-state index in [-0.39, 0.29) is 5.97 Å². The molecule has 2 aromatic rings. The Balaban J connectivity index is 2.44. The van der Waals surface area contributed by atoms with Crippen LogP contribution in [0.5, 0.6) is 0 Å². The number of fused-ring (bicyclic) bond motifs is 1. The maximum Gasteiger partial charge on any atom is 0.305 e. The van der Waals surface area contributed by atoms with Crippen LogP contribution in [0.15, 0.2) is 24.3 Å². The number of hydrogen-bond acceptors (Lipinski definition) is 3. The Morgan fingerprint density at radius 3 is 2.75 bits per heavy atom. The first-order valence-electron chi connectivity index (χ1n) is 6.99. The summed E-state index contributed by atoms with van der Waals surface area (Å²) >= 11 is 0. The van der Waals surface area contributed by atoms with Crippen LogP contribution in [0.3, 0.4) is 0 Å². The molecule has 0 aliphatic rings. The minimum atomic E-state index is -0.193. The molecular weight excluding hydrogens is 250 g/mol. The van der Waals surface area contributed by atoms with Crippen molar-refractivity contribution in [3.05, 3.63) is 41.1 Å². The first-order chi connectivity index (χ1) is 9.52. The molecule has 20 heavy (non-hydrogen) atoms. The second kappa shape index (κ2) is 6.04. The highest BCUT2D eigenvalue weighted by Gasteiger charge is 2.10. The number of rotatable bonds is 4. The molecule has 0 aliphatic carbocycles. The van der Waals surface area contributed by atoms with E-state index < -0.39 is 0 Å². The van der Waals surface area contributed by atoms with Crippen LogP contribution in [0, 0.1) is 6.92 Å². The highest BCUT2D eigenvalue weighted by molar-refractivity contribution is 5.85. The van der Waals surface area contributed by atoms with E-state index in [9.17, 15) is 4.79 Å². The van der Waals surface area contributed by atoms with Crippen LogP contribution < -0.4 is 0 Å². The molecule has 0 unspecified atom stereocenters. The summed E-state index contributed by atoms with van der Waals surface area (Å²) in [6.07, 6.45) is 0.994. The fraction of sp³-hybridized carbons (Fsp3) is 0.412. The van der Waals surface area contributed by atoms with Gasteiger partial charge in [0.05, 0.1) is 19.0 Å². The summed E-state index contributed by atoms with van der Waals surface area (Å²) in [6.45, 7) is 6.44. The van der Waals surface area contributed by atoms with Gasteiger partial charge in [0.15, 0.2) is 0 Å². The van der Waals surface area contributed by atoms with E-state index >= 15 is 0 Å². The molecule has 0 saturated carbocycles. The van der Waals surface area contributed by atoms with E-state index in [4.69, 9.17) is 4.98 Å². The molecule has 0 amide bonds. The lowest BCUT2D eigenvalue weighted by atomic mass is 9.97. The van der Waals surface area contributed by atoms with Gasteiger partial charge in [-0.15, -0.1) is 0 Å². The van der Waals surface area contributed by atoms with Gasteiger partial charge in [-0.1, -0.05) is 32.0 Å². The number of esters is 1. The van der Waals surface area contributed by atoms with Gasteiger partial charge in [-0.2, -0.15) is 0 Å². The van der Waals surface area contributed by atoms with Crippen molar-refractivity contribution in [1.29, 1.82) is 0 Å². The van der Waals surface area contributed by atoms with Gasteiger partial charge >= 0.3 is 5.97 Å². The molecule has 3 nitrogen and oxygen atoms in total. The Morgan fingerprint density at radius 1 is 1.35 bits per heavy atom. The Hall–Kier alpha value is -1.90. The number of benzene rings is 1. The number of aryl methyl sites for hydroxylation is 2. The van der Waals surface area contributed by atoms with Crippen LogP contribution in [0.2, 0.25) is 0 Å². The van der Waals surface area contributed by atoms with Crippen molar-refractivity contribution < 1.29 is 9.53 Å². The van der Waals surface area contributed by atoms with Crippen LogP contribution in [-0.2, 0) is 16.0 Å². The third-order valence-corrected chi connectivity index (χ3v) is 3.57. The van der Waals surface area contributed by atoms with Crippen molar-refractivity contribution >= 4 is 16.9 Å². The first-order valence-corrected chi connectivity index (χ1v) is 6.99. The molecule has 0 atom stereocenters. The van der Waals surface area contributed by atoms with Crippen molar-refractivity contribution in [2.45, 2.75) is 39.5 Å². The third-order valence-electron chi connectivity index (χ3n) is 3.57. The first kappa shape index (κ1) is 14.5. The highest BCUT2D eigenvalue weighted by atomic mass is 16.5. The number of hydrogen-bond donors (Lipinski definition) is 0. The average molecular weight is 271 g/mol. The fourth-order valence-electron chi connectivity index (χ4n) is 2.43. The standard InChI is InChI=1S/C17H21NO2/c1-11(2)14-6-5-7-15-12(3)10-13(18-17(14)15)8-9-16(19)20-4/h5-7,10-11H,8-9H2,1-4H3. The van der Waals surface area contributed by atoms with E-state index in [2.05, 4.69) is 49.8 Å². The third kappa shape index (κ3) is 2.98. The van der Waals surface area contributed by atoms with Gasteiger partial charge in [0, 0.05) is 17.5 Å². The zero-order valence-corrected chi connectivity index (χ0v) is 12.6. The van der Waals surface area contributed by atoms with E-state index in [0.29, 0.717) is 18.8 Å². The van der Waals surface area contributed by atoms with Crippen LogP contribution in [0.1, 0.15) is 43.0 Å². The molecule has 0 N–H and O–H groups in total. The Morgan fingerprint density at radius 2 is 2.10 bits per heavy atom. The zero-order valence-electron chi connectivity index (χ0n) is 12.6. The van der Waals surface area contributed by atoms with Gasteiger partial charge in [-0.3, -0.25) is 9.78 Å². The van der Waals surface area contributed by atoms with E-state index in [1.807, 2.05) is 0 Å². The van der Waals surface area contributed by atoms with Gasteiger partial charge < -0.3 is 4.74 Å². The Labute approximate surface area is 120 Å². The molecule has 0 bridgehead atoms.